The fourth-order valence-electron chi connectivity index (χ4n) is 1.71. The van der Waals surface area contributed by atoms with Crippen molar-refractivity contribution in [1.29, 1.82) is 0 Å². The number of sulfonamides is 1. The zero-order valence-electron chi connectivity index (χ0n) is 11.4. The van der Waals surface area contributed by atoms with Gasteiger partial charge >= 0.3 is 0 Å². The molecule has 0 radical (unpaired) electrons. The SMILES string of the molecule is CS(=O)(=O)Nc1ccc(Cl)c(C(=O)Nc2ccc(F)cc2)c1. The van der Waals surface area contributed by atoms with Crippen LogP contribution < -0.4 is 10.0 Å². The Hall–Kier alpha value is -2.12. The van der Waals surface area contributed by atoms with Crippen LogP contribution in [0.2, 0.25) is 5.02 Å². The number of nitrogens with one attached hydrogen (secondary N) is 2. The van der Waals surface area contributed by atoms with Crippen molar-refractivity contribution in [2.24, 2.45) is 0 Å². The molecule has 2 aromatic rings. The second-order valence-corrected chi connectivity index (χ2v) is 6.69. The highest BCUT2D eigenvalue weighted by molar-refractivity contribution is 7.92. The van der Waals surface area contributed by atoms with E-state index in [0.29, 0.717) is 5.69 Å². The molecule has 1 amide bonds. The number of hydrogen-bond acceptors (Lipinski definition) is 3. The average Bonchev–Trinajstić information content (AvgIpc) is 2.42. The smallest absolute Gasteiger partial charge is 0.257 e. The standard InChI is InChI=1S/C14H12ClFN2O3S/c1-22(20,21)18-11-6-7-13(15)12(8-11)14(19)17-10-4-2-9(16)3-5-10/h2-8,18H,1H3,(H,17,19). The fourth-order valence-corrected chi connectivity index (χ4v) is 2.47. The van der Waals surface area contributed by atoms with Crippen LogP contribution in [0.25, 0.3) is 0 Å². The third-order valence-electron chi connectivity index (χ3n) is 2.62. The van der Waals surface area contributed by atoms with Crippen molar-refractivity contribution < 1.29 is 17.6 Å². The van der Waals surface area contributed by atoms with Crippen LogP contribution in [-0.2, 0) is 10.0 Å². The van der Waals surface area contributed by atoms with E-state index in [9.17, 15) is 17.6 Å². The summed E-state index contributed by atoms with van der Waals surface area (Å²) in [6.45, 7) is 0. The lowest BCUT2D eigenvalue weighted by molar-refractivity contribution is 0.102. The van der Waals surface area contributed by atoms with E-state index >= 15 is 0 Å². The van der Waals surface area contributed by atoms with Crippen LogP contribution >= 0.6 is 11.6 Å². The zero-order chi connectivity index (χ0) is 16.3. The Morgan fingerprint density at radius 3 is 2.27 bits per heavy atom. The van der Waals surface area contributed by atoms with Crippen LogP contribution in [0.5, 0.6) is 0 Å². The maximum absolute atomic E-state index is 12.8. The Labute approximate surface area is 132 Å². The number of rotatable bonds is 4. The molecule has 2 aromatic carbocycles. The molecule has 0 atom stereocenters. The minimum atomic E-state index is -3.46. The molecule has 2 rings (SSSR count). The van der Waals surface area contributed by atoms with Gasteiger partial charge in [-0.15, -0.1) is 0 Å². The van der Waals surface area contributed by atoms with Crippen molar-refractivity contribution in [3.63, 3.8) is 0 Å². The van der Waals surface area contributed by atoms with Gasteiger partial charge in [-0.25, -0.2) is 12.8 Å². The summed E-state index contributed by atoms with van der Waals surface area (Å²) in [5.74, 6) is -0.954. The summed E-state index contributed by atoms with van der Waals surface area (Å²) in [6, 6.07) is 9.39. The second-order valence-electron chi connectivity index (χ2n) is 4.53. The number of carbonyl (C=O) groups is 1. The predicted octanol–water partition coefficient (Wildman–Crippen LogP) is 3.10. The summed E-state index contributed by atoms with van der Waals surface area (Å²) >= 11 is 5.96. The third-order valence-corrected chi connectivity index (χ3v) is 3.55. The first-order chi connectivity index (χ1) is 10.2. The minimum Gasteiger partial charge on any atom is -0.322 e. The number of benzene rings is 2. The topological polar surface area (TPSA) is 75.3 Å². The van der Waals surface area contributed by atoms with E-state index in [1.165, 1.54) is 42.5 Å². The molecule has 0 fully saturated rings. The quantitative estimate of drug-likeness (QED) is 0.896. The monoisotopic (exact) mass is 342 g/mol. The molecule has 0 aromatic heterocycles. The van der Waals surface area contributed by atoms with Crippen LogP contribution in [0, 0.1) is 5.82 Å². The van der Waals surface area contributed by atoms with Crippen LogP contribution in [0.3, 0.4) is 0 Å². The summed E-state index contributed by atoms with van der Waals surface area (Å²) in [7, 11) is -3.46. The van der Waals surface area contributed by atoms with Gasteiger partial charge in [0.15, 0.2) is 0 Å². The molecular formula is C14H12ClFN2O3S. The first-order valence-electron chi connectivity index (χ1n) is 6.09. The number of amides is 1. The lowest BCUT2D eigenvalue weighted by atomic mass is 10.2. The van der Waals surface area contributed by atoms with Gasteiger partial charge < -0.3 is 5.32 Å². The largest absolute Gasteiger partial charge is 0.322 e. The molecule has 116 valence electrons. The highest BCUT2D eigenvalue weighted by Crippen LogP contribution is 2.22. The zero-order valence-corrected chi connectivity index (χ0v) is 13.0. The molecule has 0 saturated carbocycles. The highest BCUT2D eigenvalue weighted by atomic mass is 35.5. The molecule has 0 spiro atoms. The lowest BCUT2D eigenvalue weighted by Crippen LogP contribution is -2.14. The summed E-state index contributed by atoms with van der Waals surface area (Å²) in [5, 5.41) is 2.71. The number of anilines is 2. The lowest BCUT2D eigenvalue weighted by Gasteiger charge is -2.09. The van der Waals surface area contributed by atoms with Crippen molar-refractivity contribution in [3.8, 4) is 0 Å². The fraction of sp³-hybridized carbons (Fsp3) is 0.0714. The van der Waals surface area contributed by atoms with E-state index in [2.05, 4.69) is 10.0 Å². The number of hydrogen-bond donors (Lipinski definition) is 2. The van der Waals surface area contributed by atoms with Crippen LogP contribution in [0.4, 0.5) is 15.8 Å². The van der Waals surface area contributed by atoms with Gasteiger partial charge in [-0.1, -0.05) is 11.6 Å². The number of halogens is 2. The van der Waals surface area contributed by atoms with E-state index in [-0.39, 0.29) is 16.3 Å². The molecule has 0 aliphatic carbocycles. The molecule has 0 saturated heterocycles. The molecule has 0 unspecified atom stereocenters. The van der Waals surface area contributed by atoms with Crippen molar-refractivity contribution >= 4 is 38.9 Å². The molecular weight excluding hydrogens is 331 g/mol. The van der Waals surface area contributed by atoms with Gasteiger partial charge in [0.05, 0.1) is 16.8 Å². The summed E-state index contributed by atoms with van der Waals surface area (Å²) in [5.41, 5.74) is 0.708. The molecule has 0 aliphatic rings. The Balaban J connectivity index is 2.25. The summed E-state index contributed by atoms with van der Waals surface area (Å²) < 4.78 is 37.5. The predicted molar refractivity (Wildman–Crippen MR) is 84.3 cm³/mol. The minimum absolute atomic E-state index is 0.0969. The first kappa shape index (κ1) is 16.3. The van der Waals surface area contributed by atoms with Crippen molar-refractivity contribution in [3.05, 3.63) is 58.9 Å². The maximum atomic E-state index is 12.8. The molecule has 0 heterocycles. The van der Waals surface area contributed by atoms with Crippen LogP contribution in [-0.4, -0.2) is 20.6 Å². The summed E-state index contributed by atoms with van der Waals surface area (Å²) in [6.07, 6.45) is 1.000. The second kappa shape index (κ2) is 6.33. The van der Waals surface area contributed by atoms with Crippen molar-refractivity contribution in [2.45, 2.75) is 0 Å². The molecule has 22 heavy (non-hydrogen) atoms. The Bertz CT molecular complexity index is 807. The molecule has 0 bridgehead atoms. The Morgan fingerprint density at radius 2 is 1.68 bits per heavy atom. The van der Waals surface area contributed by atoms with Gasteiger partial charge in [0.2, 0.25) is 10.0 Å². The number of carbonyl (C=O) groups excluding carboxylic acids is 1. The van der Waals surface area contributed by atoms with Crippen LogP contribution in [0.15, 0.2) is 42.5 Å². The molecule has 5 nitrogen and oxygen atoms in total. The molecule has 2 N–H and O–H groups in total. The van der Waals surface area contributed by atoms with Gasteiger partial charge in [0.1, 0.15) is 5.82 Å². The summed E-state index contributed by atoms with van der Waals surface area (Å²) in [4.78, 5) is 12.2. The van der Waals surface area contributed by atoms with E-state index in [4.69, 9.17) is 11.6 Å². The maximum Gasteiger partial charge on any atom is 0.257 e. The van der Waals surface area contributed by atoms with E-state index in [1.54, 1.807) is 0 Å². The van der Waals surface area contributed by atoms with Gasteiger partial charge in [0, 0.05) is 11.4 Å². The van der Waals surface area contributed by atoms with Crippen LogP contribution in [0.1, 0.15) is 10.4 Å². The van der Waals surface area contributed by atoms with Gasteiger partial charge in [-0.05, 0) is 42.5 Å². The van der Waals surface area contributed by atoms with Gasteiger partial charge in [-0.3, -0.25) is 9.52 Å². The van der Waals surface area contributed by atoms with Gasteiger partial charge in [-0.2, -0.15) is 0 Å². The van der Waals surface area contributed by atoms with Gasteiger partial charge in [0.25, 0.3) is 5.91 Å². The Kier molecular flexibility index (Phi) is 4.68. The Morgan fingerprint density at radius 1 is 1.09 bits per heavy atom. The molecule has 8 heteroatoms. The highest BCUT2D eigenvalue weighted by Gasteiger charge is 2.13. The third kappa shape index (κ3) is 4.44. The normalized spacial score (nSPS) is 11.0. The first-order valence-corrected chi connectivity index (χ1v) is 8.36. The van der Waals surface area contributed by atoms with Crippen molar-refractivity contribution in [2.75, 3.05) is 16.3 Å². The van der Waals surface area contributed by atoms with E-state index < -0.39 is 21.7 Å². The van der Waals surface area contributed by atoms with E-state index in [0.717, 1.165) is 6.26 Å². The average molecular weight is 343 g/mol. The van der Waals surface area contributed by atoms with E-state index in [1.807, 2.05) is 0 Å². The molecule has 0 aliphatic heterocycles. The van der Waals surface area contributed by atoms with Crippen molar-refractivity contribution in [1.82, 2.24) is 0 Å².